The van der Waals surface area contributed by atoms with Gasteiger partial charge in [0.1, 0.15) is 0 Å². The van der Waals surface area contributed by atoms with Gasteiger partial charge in [0.2, 0.25) is 0 Å². The van der Waals surface area contributed by atoms with E-state index in [1.165, 1.54) is 132 Å². The molecule has 0 atom stereocenters. The number of hydrogen-bond donors (Lipinski definition) is 0. The quantitative estimate of drug-likeness (QED) is 0.158. The first-order valence-electron chi connectivity index (χ1n) is 22.3. The maximum Gasteiger partial charge on any atom is 0.333 e. The van der Waals surface area contributed by atoms with Gasteiger partial charge in [-0.1, -0.05) is 166 Å². The van der Waals surface area contributed by atoms with Gasteiger partial charge in [0.05, 0.1) is 11.0 Å². The Hall–Kier alpha value is -7.62. The van der Waals surface area contributed by atoms with Gasteiger partial charge in [-0.25, -0.2) is 0 Å². The predicted molar refractivity (Wildman–Crippen MR) is 270 cm³/mol. The first-order chi connectivity index (χ1) is 30.9. The van der Waals surface area contributed by atoms with Gasteiger partial charge in [0, 0.05) is 43.8 Å². The molecule has 0 amide bonds. The van der Waals surface area contributed by atoms with Crippen LogP contribution in [-0.4, -0.2) is 15.9 Å². The average Bonchev–Trinajstić information content (AvgIpc) is 3.84. The van der Waals surface area contributed by atoms with Gasteiger partial charge in [0.25, 0.3) is 0 Å². The summed E-state index contributed by atoms with van der Waals surface area (Å²) in [7, 11) is 0. The number of benzene rings is 10. The van der Waals surface area contributed by atoms with Gasteiger partial charge in [-0.05, 0) is 131 Å². The van der Waals surface area contributed by atoms with Crippen LogP contribution in [0.1, 0.15) is 26.3 Å². The molecule has 0 spiro atoms. The number of fused-ring (bicyclic) bond motifs is 15. The molecule has 0 N–H and O–H groups in total. The standard InChI is InChI=1S/C60H41BN2/c1-60(2,3)44-34-48-46-29-39-21-13-14-22-40(39)33-54(46)63-58(48)50(35-44)55-45-26-23-41(36-15-7-4-8-16-36)30-47(45)56-49-31-42(37-17-9-5-10-18-37)24-27-52(49)62-53-28-25-43(38-19-11-6-12-20-38)32-51(53)61(63)57(55)59(56)62/h4-35H,1-3H3. The van der Waals surface area contributed by atoms with Crippen LogP contribution in [0, 0.1) is 0 Å². The van der Waals surface area contributed by atoms with Crippen molar-refractivity contribution in [3.8, 4) is 50.2 Å². The van der Waals surface area contributed by atoms with Crippen LogP contribution in [0.3, 0.4) is 0 Å². The third kappa shape index (κ3) is 4.80. The topological polar surface area (TPSA) is 9.86 Å². The molecule has 0 aliphatic carbocycles. The van der Waals surface area contributed by atoms with Crippen molar-refractivity contribution < 1.29 is 0 Å². The van der Waals surface area contributed by atoms with Crippen molar-refractivity contribution in [1.82, 2.24) is 9.05 Å². The summed E-state index contributed by atoms with van der Waals surface area (Å²) >= 11 is 0. The molecule has 0 saturated heterocycles. The van der Waals surface area contributed by atoms with Gasteiger partial charge in [-0.3, -0.25) is 0 Å². The van der Waals surface area contributed by atoms with E-state index < -0.39 is 0 Å². The van der Waals surface area contributed by atoms with Crippen molar-refractivity contribution in [2.24, 2.45) is 0 Å². The Morgan fingerprint density at radius 1 is 0.413 bits per heavy atom. The third-order valence-corrected chi connectivity index (χ3v) is 14.4. The number of rotatable bonds is 3. The van der Waals surface area contributed by atoms with Crippen molar-refractivity contribution in [3.63, 3.8) is 0 Å². The minimum atomic E-state index is -0.0704. The maximum absolute atomic E-state index is 2.75. The highest BCUT2D eigenvalue weighted by atomic mass is 15.0. The molecule has 63 heavy (non-hydrogen) atoms. The van der Waals surface area contributed by atoms with E-state index in [1.54, 1.807) is 0 Å². The Bertz CT molecular complexity index is 3920. The van der Waals surface area contributed by atoms with Gasteiger partial charge >= 0.3 is 6.85 Å². The van der Waals surface area contributed by atoms with E-state index in [1.807, 2.05) is 0 Å². The summed E-state index contributed by atoms with van der Waals surface area (Å²) in [5.74, 6) is 0. The Morgan fingerprint density at radius 3 is 1.67 bits per heavy atom. The van der Waals surface area contributed by atoms with Crippen molar-refractivity contribution in [3.05, 3.63) is 200 Å². The Balaban J connectivity index is 1.24. The zero-order valence-corrected chi connectivity index (χ0v) is 35.4. The van der Waals surface area contributed by atoms with E-state index in [0.29, 0.717) is 0 Å². The Kier molecular flexibility index (Phi) is 6.95. The SMILES string of the molecule is CC(C)(C)c1cc2c3c(c1)c1cc4ccccc4cc1n3B1c3cc(-c4ccccc4)ccc3-n3c4ccc(-c5ccccc5)cc4c4c5cc(-c6ccccc6)ccc5c-2c1c43. The fourth-order valence-corrected chi connectivity index (χ4v) is 11.4. The lowest BCUT2D eigenvalue weighted by Crippen LogP contribution is -2.55. The zero-order chi connectivity index (χ0) is 41.7. The molecule has 2 aliphatic heterocycles. The van der Waals surface area contributed by atoms with E-state index in [-0.39, 0.29) is 12.3 Å². The Morgan fingerprint density at radius 2 is 1.00 bits per heavy atom. The van der Waals surface area contributed by atoms with Gasteiger partial charge < -0.3 is 9.05 Å². The molecule has 12 aromatic rings. The minimum Gasteiger partial charge on any atom is -0.375 e. The van der Waals surface area contributed by atoms with Crippen LogP contribution in [0.5, 0.6) is 0 Å². The second-order valence-electron chi connectivity index (χ2n) is 18.9. The van der Waals surface area contributed by atoms with Crippen LogP contribution in [0.4, 0.5) is 0 Å². The van der Waals surface area contributed by atoms with Crippen molar-refractivity contribution in [2.45, 2.75) is 26.2 Å². The molecule has 14 rings (SSSR count). The smallest absolute Gasteiger partial charge is 0.333 e. The molecule has 0 fully saturated rings. The van der Waals surface area contributed by atoms with E-state index in [0.717, 1.165) is 0 Å². The molecule has 10 aromatic carbocycles. The predicted octanol–water partition coefficient (Wildman–Crippen LogP) is 14.4. The molecule has 2 aliphatic rings. The van der Waals surface area contributed by atoms with Crippen molar-refractivity contribution in [2.75, 3.05) is 0 Å². The van der Waals surface area contributed by atoms with Crippen molar-refractivity contribution in [1.29, 1.82) is 0 Å². The van der Waals surface area contributed by atoms with Crippen LogP contribution >= 0.6 is 0 Å². The number of nitrogens with zero attached hydrogens (tertiary/aromatic N) is 2. The van der Waals surface area contributed by atoms with Crippen LogP contribution in [0.15, 0.2) is 194 Å². The summed E-state index contributed by atoms with van der Waals surface area (Å²) in [5, 5.41) is 10.4. The normalized spacial score (nSPS) is 13.0. The molecule has 0 bridgehead atoms. The van der Waals surface area contributed by atoms with E-state index in [2.05, 4.69) is 224 Å². The molecule has 3 heteroatoms. The lowest BCUT2D eigenvalue weighted by Gasteiger charge is -2.35. The summed E-state index contributed by atoms with van der Waals surface area (Å²) in [4.78, 5) is 0. The maximum atomic E-state index is 2.75. The lowest BCUT2D eigenvalue weighted by molar-refractivity contribution is 0.591. The summed E-state index contributed by atoms with van der Waals surface area (Å²) in [6.45, 7) is 7.02. The summed E-state index contributed by atoms with van der Waals surface area (Å²) in [5.41, 5.74) is 20.5. The summed E-state index contributed by atoms with van der Waals surface area (Å²) < 4.78 is 5.37. The second-order valence-corrected chi connectivity index (χ2v) is 18.9. The van der Waals surface area contributed by atoms with Crippen LogP contribution in [-0.2, 0) is 5.41 Å². The van der Waals surface area contributed by atoms with Crippen LogP contribution in [0.2, 0.25) is 0 Å². The monoisotopic (exact) mass is 800 g/mol. The second kappa shape index (κ2) is 12.5. The van der Waals surface area contributed by atoms with Gasteiger partial charge in [-0.2, -0.15) is 0 Å². The molecule has 0 unspecified atom stereocenters. The highest BCUT2D eigenvalue weighted by Crippen LogP contribution is 2.50. The average molecular weight is 801 g/mol. The summed E-state index contributed by atoms with van der Waals surface area (Å²) in [6.07, 6.45) is 0. The first kappa shape index (κ1) is 35.0. The van der Waals surface area contributed by atoms with Crippen LogP contribution in [0.25, 0.3) is 115 Å². The molecular weight excluding hydrogens is 759 g/mol. The van der Waals surface area contributed by atoms with E-state index >= 15 is 0 Å². The minimum absolute atomic E-state index is 0.0651. The summed E-state index contributed by atoms with van der Waals surface area (Å²) in [6, 6.07) is 73.3. The van der Waals surface area contributed by atoms with Gasteiger partial charge in [-0.15, -0.1) is 0 Å². The molecular formula is C60H41BN2. The Labute approximate surface area is 366 Å². The molecule has 0 saturated carbocycles. The molecule has 294 valence electrons. The first-order valence-corrected chi connectivity index (χ1v) is 22.3. The third-order valence-electron chi connectivity index (χ3n) is 14.4. The molecule has 2 aromatic heterocycles. The molecule has 2 nitrogen and oxygen atoms in total. The number of hydrogen-bond acceptors (Lipinski definition) is 0. The highest BCUT2D eigenvalue weighted by molar-refractivity contribution is 6.90. The van der Waals surface area contributed by atoms with E-state index in [4.69, 9.17) is 0 Å². The lowest BCUT2D eigenvalue weighted by atomic mass is 9.45. The van der Waals surface area contributed by atoms with Crippen LogP contribution < -0.4 is 10.9 Å². The van der Waals surface area contributed by atoms with Crippen molar-refractivity contribution >= 4 is 82.9 Å². The van der Waals surface area contributed by atoms with Gasteiger partial charge in [0.15, 0.2) is 0 Å². The zero-order valence-electron chi connectivity index (χ0n) is 35.4. The highest BCUT2D eigenvalue weighted by Gasteiger charge is 2.43. The molecule has 0 radical (unpaired) electrons. The largest absolute Gasteiger partial charge is 0.375 e. The fourth-order valence-electron chi connectivity index (χ4n) is 11.4. The number of aromatic nitrogens is 2. The fraction of sp³-hybridized carbons (Fsp3) is 0.0667. The van der Waals surface area contributed by atoms with E-state index in [9.17, 15) is 0 Å². The molecule has 4 heterocycles.